The molecule has 0 amide bonds. The zero-order valence-corrected chi connectivity index (χ0v) is 19.1. The third kappa shape index (κ3) is 4.13. The molecular formula is C20H26N6O5S. The van der Waals surface area contributed by atoms with Crippen LogP contribution in [-0.4, -0.2) is 66.0 Å². The minimum atomic E-state index is -3.64. The number of nitrogens with zero attached hydrogens (tertiary/aromatic N) is 5. The zero-order valence-electron chi connectivity index (χ0n) is 18.2. The fraction of sp³-hybridized carbons (Fsp3) is 0.450. The average molecular weight is 463 g/mol. The Balaban J connectivity index is 1.64. The van der Waals surface area contributed by atoms with E-state index in [-0.39, 0.29) is 25.2 Å². The monoisotopic (exact) mass is 462 g/mol. The van der Waals surface area contributed by atoms with Crippen molar-refractivity contribution in [1.29, 1.82) is 0 Å². The van der Waals surface area contributed by atoms with E-state index in [1.165, 1.54) is 16.1 Å². The van der Waals surface area contributed by atoms with Crippen molar-refractivity contribution in [3.05, 3.63) is 51.7 Å². The van der Waals surface area contributed by atoms with E-state index in [4.69, 9.17) is 9.47 Å². The van der Waals surface area contributed by atoms with E-state index in [2.05, 4.69) is 14.8 Å². The standard InChI is InChI=1S/C20H26N6O5S/c1-24-17-13-25(32(28,29)23-7-9-30-2)8-6-15(17)16-11-22-26(20(27)19(16)24)12-14-4-5-18(31-3)21-10-14/h4-5,10-11,23H,6-9,12-13H2,1-3H3. The van der Waals surface area contributed by atoms with Crippen LogP contribution in [0.4, 0.5) is 0 Å². The normalized spacial score (nSPS) is 14.6. The molecule has 12 heteroatoms. The number of methoxy groups -OCH3 is 2. The van der Waals surface area contributed by atoms with E-state index in [1.807, 2.05) is 6.07 Å². The summed E-state index contributed by atoms with van der Waals surface area (Å²) in [6.45, 7) is 1.28. The molecule has 0 saturated heterocycles. The fourth-order valence-electron chi connectivity index (χ4n) is 3.96. The third-order valence-corrected chi connectivity index (χ3v) is 7.20. The lowest BCUT2D eigenvalue weighted by atomic mass is 10.1. The maximum Gasteiger partial charge on any atom is 0.291 e. The van der Waals surface area contributed by atoms with Gasteiger partial charge in [0.2, 0.25) is 5.88 Å². The molecule has 172 valence electrons. The van der Waals surface area contributed by atoms with Crippen LogP contribution in [0.1, 0.15) is 16.8 Å². The van der Waals surface area contributed by atoms with Crippen molar-refractivity contribution in [2.75, 3.05) is 33.9 Å². The largest absolute Gasteiger partial charge is 0.481 e. The van der Waals surface area contributed by atoms with Gasteiger partial charge in [0, 0.05) is 50.6 Å². The molecule has 0 bridgehead atoms. The topological polar surface area (TPSA) is 121 Å². The Morgan fingerprint density at radius 3 is 2.72 bits per heavy atom. The van der Waals surface area contributed by atoms with Gasteiger partial charge in [0.05, 0.1) is 33.0 Å². The summed E-state index contributed by atoms with van der Waals surface area (Å²) in [5, 5.41) is 5.12. The second kappa shape index (κ2) is 8.98. The molecule has 0 aliphatic carbocycles. The third-order valence-electron chi connectivity index (χ3n) is 5.64. The molecule has 11 nitrogen and oxygen atoms in total. The van der Waals surface area contributed by atoms with Crippen LogP contribution < -0.4 is 15.0 Å². The van der Waals surface area contributed by atoms with E-state index >= 15 is 0 Å². The smallest absolute Gasteiger partial charge is 0.291 e. The Labute approximate surface area is 185 Å². The van der Waals surface area contributed by atoms with Crippen molar-refractivity contribution in [1.82, 2.24) is 28.4 Å². The Morgan fingerprint density at radius 1 is 1.22 bits per heavy atom. The molecule has 4 rings (SSSR count). The van der Waals surface area contributed by atoms with Gasteiger partial charge in [-0.3, -0.25) is 4.79 Å². The molecule has 0 spiro atoms. The SMILES string of the molecule is COCCNS(=O)(=O)N1CCc2c(n(C)c3c(=O)n(Cc4ccc(OC)nc4)ncc23)C1. The molecule has 0 saturated carbocycles. The molecular weight excluding hydrogens is 436 g/mol. The molecule has 4 heterocycles. The van der Waals surface area contributed by atoms with Crippen LogP contribution in [0.25, 0.3) is 10.9 Å². The van der Waals surface area contributed by atoms with Gasteiger partial charge in [-0.05, 0) is 17.5 Å². The molecule has 1 aliphatic rings. The second-order valence-electron chi connectivity index (χ2n) is 7.54. The highest BCUT2D eigenvalue weighted by molar-refractivity contribution is 7.87. The fourth-order valence-corrected chi connectivity index (χ4v) is 5.11. The summed E-state index contributed by atoms with van der Waals surface area (Å²) in [5.74, 6) is 0.496. The molecule has 3 aromatic heterocycles. The number of hydrogen-bond acceptors (Lipinski definition) is 7. The Morgan fingerprint density at radius 2 is 2.03 bits per heavy atom. The first kappa shape index (κ1) is 22.4. The van der Waals surface area contributed by atoms with Gasteiger partial charge in [-0.2, -0.15) is 22.5 Å². The van der Waals surface area contributed by atoms with Crippen molar-refractivity contribution in [2.45, 2.75) is 19.5 Å². The van der Waals surface area contributed by atoms with Gasteiger partial charge in [-0.15, -0.1) is 0 Å². The van der Waals surface area contributed by atoms with Gasteiger partial charge >= 0.3 is 0 Å². The molecule has 0 unspecified atom stereocenters. The zero-order chi connectivity index (χ0) is 22.9. The van der Waals surface area contributed by atoms with Crippen molar-refractivity contribution in [3.63, 3.8) is 0 Å². The maximum atomic E-state index is 13.2. The maximum absolute atomic E-state index is 13.2. The lowest BCUT2D eigenvalue weighted by Crippen LogP contribution is -2.44. The highest BCUT2D eigenvalue weighted by Gasteiger charge is 2.30. The summed E-state index contributed by atoms with van der Waals surface area (Å²) in [7, 11) is 1.20. The summed E-state index contributed by atoms with van der Waals surface area (Å²) in [6.07, 6.45) is 3.84. The van der Waals surface area contributed by atoms with Crippen LogP contribution in [0.15, 0.2) is 29.3 Å². The van der Waals surface area contributed by atoms with Crippen LogP contribution in [0.2, 0.25) is 0 Å². The molecule has 3 aromatic rings. The number of pyridine rings is 1. The number of fused-ring (bicyclic) bond motifs is 3. The van der Waals surface area contributed by atoms with Crippen molar-refractivity contribution in [2.24, 2.45) is 7.05 Å². The van der Waals surface area contributed by atoms with E-state index < -0.39 is 10.2 Å². The molecule has 0 fully saturated rings. The summed E-state index contributed by atoms with van der Waals surface area (Å²) >= 11 is 0. The Kier molecular flexibility index (Phi) is 6.29. The number of hydrogen-bond donors (Lipinski definition) is 1. The first-order valence-corrected chi connectivity index (χ1v) is 11.6. The number of ether oxygens (including phenoxy) is 2. The van der Waals surface area contributed by atoms with Crippen LogP contribution in [0.3, 0.4) is 0 Å². The van der Waals surface area contributed by atoms with E-state index in [0.29, 0.717) is 31.0 Å². The summed E-state index contributed by atoms with van der Waals surface area (Å²) in [5.41, 5.74) is 2.86. The van der Waals surface area contributed by atoms with Crippen molar-refractivity contribution < 1.29 is 17.9 Å². The van der Waals surface area contributed by atoms with Crippen LogP contribution >= 0.6 is 0 Å². The predicted molar refractivity (Wildman–Crippen MR) is 118 cm³/mol. The molecule has 1 N–H and O–H groups in total. The summed E-state index contributed by atoms with van der Waals surface area (Å²) in [6, 6.07) is 3.56. The van der Waals surface area contributed by atoms with Crippen LogP contribution in [-0.2, 0) is 41.5 Å². The van der Waals surface area contributed by atoms with E-state index in [0.717, 1.165) is 22.2 Å². The van der Waals surface area contributed by atoms with E-state index in [1.54, 1.807) is 37.2 Å². The number of aryl methyl sites for hydroxylation is 1. The minimum Gasteiger partial charge on any atom is -0.481 e. The Bertz CT molecular complexity index is 1280. The molecule has 0 atom stereocenters. The van der Waals surface area contributed by atoms with Crippen molar-refractivity contribution >= 4 is 21.1 Å². The predicted octanol–water partition coefficient (Wildman–Crippen LogP) is 0.0258. The van der Waals surface area contributed by atoms with Gasteiger partial charge in [-0.1, -0.05) is 6.07 Å². The molecule has 0 radical (unpaired) electrons. The second-order valence-corrected chi connectivity index (χ2v) is 9.29. The first-order valence-electron chi connectivity index (χ1n) is 10.1. The highest BCUT2D eigenvalue weighted by Crippen LogP contribution is 2.28. The van der Waals surface area contributed by atoms with Gasteiger partial charge < -0.3 is 14.0 Å². The van der Waals surface area contributed by atoms with Gasteiger partial charge in [0.15, 0.2) is 0 Å². The molecule has 1 aliphatic heterocycles. The summed E-state index contributed by atoms with van der Waals surface area (Å²) in [4.78, 5) is 17.4. The summed E-state index contributed by atoms with van der Waals surface area (Å²) < 4.78 is 42.3. The van der Waals surface area contributed by atoms with Crippen LogP contribution in [0.5, 0.6) is 5.88 Å². The number of rotatable bonds is 8. The van der Waals surface area contributed by atoms with Gasteiger partial charge in [0.1, 0.15) is 5.52 Å². The van der Waals surface area contributed by atoms with Gasteiger partial charge in [-0.25, -0.2) is 9.67 Å². The lowest BCUT2D eigenvalue weighted by molar-refractivity contribution is 0.203. The first-order chi connectivity index (χ1) is 15.4. The van der Waals surface area contributed by atoms with Gasteiger partial charge in [0.25, 0.3) is 15.8 Å². The average Bonchev–Trinajstić information content (AvgIpc) is 3.08. The quantitative estimate of drug-likeness (QED) is 0.469. The Hall–Kier alpha value is -2.80. The highest BCUT2D eigenvalue weighted by atomic mass is 32.2. The van der Waals surface area contributed by atoms with Crippen molar-refractivity contribution in [3.8, 4) is 5.88 Å². The molecule has 32 heavy (non-hydrogen) atoms. The number of aromatic nitrogens is 4. The number of nitrogens with one attached hydrogen (secondary N) is 1. The van der Waals surface area contributed by atoms with E-state index in [9.17, 15) is 13.2 Å². The molecule has 0 aromatic carbocycles. The lowest BCUT2D eigenvalue weighted by Gasteiger charge is -2.27. The minimum absolute atomic E-state index is 0.185. The van der Waals surface area contributed by atoms with Crippen LogP contribution in [0, 0.1) is 0 Å².